The maximum Gasteiger partial charge on any atom is 0.0985 e. The van der Waals surface area contributed by atoms with Crippen LogP contribution in [0.2, 0.25) is 0 Å². The van der Waals surface area contributed by atoms with E-state index in [9.17, 15) is 4.39 Å². The number of hydrogen-bond acceptors (Lipinski definition) is 1. The molecule has 0 radical (unpaired) electrons. The molecule has 1 heterocycles. The van der Waals surface area contributed by atoms with E-state index < -0.39 is 6.17 Å². The van der Waals surface area contributed by atoms with Crippen molar-refractivity contribution in [2.24, 2.45) is 5.92 Å². The first-order valence-corrected chi connectivity index (χ1v) is 5.31. The van der Waals surface area contributed by atoms with E-state index in [4.69, 9.17) is 0 Å². The molecule has 2 atom stereocenters. The molecule has 13 heavy (non-hydrogen) atoms. The zero-order valence-electron chi connectivity index (χ0n) is 9.31. The quantitative estimate of drug-likeness (QED) is 0.656. The smallest absolute Gasteiger partial charge is 0.0985 e. The molecule has 78 valence electrons. The van der Waals surface area contributed by atoms with E-state index >= 15 is 0 Å². The van der Waals surface area contributed by atoms with E-state index in [-0.39, 0.29) is 5.54 Å². The van der Waals surface area contributed by atoms with Crippen molar-refractivity contribution >= 4 is 0 Å². The lowest BCUT2D eigenvalue weighted by Gasteiger charge is -2.31. The third kappa shape index (κ3) is 2.94. The van der Waals surface area contributed by atoms with Gasteiger partial charge in [-0.1, -0.05) is 6.92 Å². The fourth-order valence-corrected chi connectivity index (χ4v) is 2.40. The Morgan fingerprint density at radius 2 is 2.15 bits per heavy atom. The van der Waals surface area contributed by atoms with Crippen LogP contribution in [-0.4, -0.2) is 29.7 Å². The summed E-state index contributed by atoms with van der Waals surface area (Å²) in [5.41, 5.74) is 0.286. The Hall–Kier alpha value is -0.110. The number of alkyl halides is 1. The van der Waals surface area contributed by atoms with Gasteiger partial charge in [-0.15, -0.1) is 0 Å². The lowest BCUT2D eigenvalue weighted by atomic mass is 9.97. The number of rotatable bonds is 3. The first kappa shape index (κ1) is 11.0. The molecule has 0 amide bonds. The topological polar surface area (TPSA) is 3.24 Å². The molecule has 1 aliphatic rings. The van der Waals surface area contributed by atoms with Crippen LogP contribution in [0.4, 0.5) is 4.39 Å². The normalized spacial score (nSPS) is 30.7. The Kier molecular flexibility index (Phi) is 3.33. The van der Waals surface area contributed by atoms with Gasteiger partial charge in [-0.05, 0) is 39.5 Å². The average molecular weight is 187 g/mol. The number of halogens is 1. The Balaban J connectivity index is 2.41. The highest BCUT2D eigenvalue weighted by Crippen LogP contribution is 2.32. The summed E-state index contributed by atoms with van der Waals surface area (Å²) in [7, 11) is 0. The van der Waals surface area contributed by atoms with Gasteiger partial charge < -0.3 is 0 Å². The van der Waals surface area contributed by atoms with Crippen molar-refractivity contribution < 1.29 is 4.39 Å². The van der Waals surface area contributed by atoms with E-state index in [1.165, 1.54) is 6.42 Å². The fraction of sp³-hybridized carbons (Fsp3) is 1.00. The lowest BCUT2D eigenvalue weighted by molar-refractivity contribution is 0.156. The summed E-state index contributed by atoms with van der Waals surface area (Å²) in [6, 6.07) is 0. The summed E-state index contributed by atoms with van der Waals surface area (Å²) in [5, 5.41) is 0. The van der Waals surface area contributed by atoms with Gasteiger partial charge in [0.2, 0.25) is 0 Å². The second-order valence-electron chi connectivity index (χ2n) is 5.14. The largest absolute Gasteiger partial charge is 0.298 e. The molecule has 0 spiro atoms. The van der Waals surface area contributed by atoms with Crippen LogP contribution in [0.25, 0.3) is 0 Å². The minimum absolute atomic E-state index is 0.286. The van der Waals surface area contributed by atoms with Crippen LogP contribution in [0.1, 0.15) is 40.5 Å². The van der Waals surface area contributed by atoms with E-state index in [0.29, 0.717) is 6.42 Å². The third-order valence-corrected chi connectivity index (χ3v) is 3.03. The molecule has 0 N–H and O–H groups in total. The van der Waals surface area contributed by atoms with Gasteiger partial charge in [0.1, 0.15) is 0 Å². The van der Waals surface area contributed by atoms with Crippen molar-refractivity contribution in [1.29, 1.82) is 0 Å². The second-order valence-corrected chi connectivity index (χ2v) is 5.14. The van der Waals surface area contributed by atoms with E-state index in [1.807, 2.05) is 0 Å². The molecule has 1 aliphatic heterocycles. The van der Waals surface area contributed by atoms with Crippen LogP contribution >= 0.6 is 0 Å². The van der Waals surface area contributed by atoms with Gasteiger partial charge in [-0.25, -0.2) is 4.39 Å². The molecule has 0 aliphatic carbocycles. The van der Waals surface area contributed by atoms with Crippen LogP contribution in [-0.2, 0) is 0 Å². The monoisotopic (exact) mass is 187 g/mol. The van der Waals surface area contributed by atoms with E-state index in [1.54, 1.807) is 6.92 Å². The lowest BCUT2D eigenvalue weighted by Crippen LogP contribution is -2.39. The van der Waals surface area contributed by atoms with Crippen molar-refractivity contribution in [2.45, 2.75) is 52.2 Å². The van der Waals surface area contributed by atoms with Crippen molar-refractivity contribution in [3.63, 3.8) is 0 Å². The summed E-state index contributed by atoms with van der Waals surface area (Å²) >= 11 is 0. The molecule has 0 bridgehead atoms. The Morgan fingerprint density at radius 3 is 2.54 bits per heavy atom. The highest BCUT2D eigenvalue weighted by molar-refractivity contribution is 4.91. The van der Waals surface area contributed by atoms with Crippen LogP contribution < -0.4 is 0 Å². The van der Waals surface area contributed by atoms with Crippen molar-refractivity contribution in [3.8, 4) is 0 Å². The van der Waals surface area contributed by atoms with Crippen molar-refractivity contribution in [2.75, 3.05) is 13.1 Å². The molecule has 0 saturated carbocycles. The molecule has 1 rings (SSSR count). The zero-order valence-corrected chi connectivity index (χ0v) is 9.31. The van der Waals surface area contributed by atoms with Crippen LogP contribution in [0.3, 0.4) is 0 Å². The molecule has 1 fully saturated rings. The van der Waals surface area contributed by atoms with Crippen molar-refractivity contribution in [3.05, 3.63) is 0 Å². The molecule has 1 saturated heterocycles. The first-order valence-electron chi connectivity index (χ1n) is 5.31. The molecule has 1 nitrogen and oxygen atoms in total. The minimum atomic E-state index is -0.660. The molecular formula is C11H22FN. The molecule has 0 aromatic carbocycles. The van der Waals surface area contributed by atoms with Gasteiger partial charge in [0.15, 0.2) is 0 Å². The van der Waals surface area contributed by atoms with Gasteiger partial charge in [0.05, 0.1) is 6.17 Å². The molecule has 2 heteroatoms. The summed E-state index contributed by atoms with van der Waals surface area (Å²) < 4.78 is 12.7. The van der Waals surface area contributed by atoms with Gasteiger partial charge in [0.25, 0.3) is 0 Å². The first-order chi connectivity index (χ1) is 5.92. The number of nitrogens with zero attached hydrogens (tertiary/aromatic N) is 1. The SMILES string of the molecule is CC(F)CCN1CC(C)CC1(C)C. The summed E-state index contributed by atoms with van der Waals surface area (Å²) in [4.78, 5) is 2.42. The molecule has 2 unspecified atom stereocenters. The van der Waals surface area contributed by atoms with Gasteiger partial charge in [0, 0.05) is 18.6 Å². The van der Waals surface area contributed by atoms with E-state index in [0.717, 1.165) is 19.0 Å². The standard InChI is InChI=1S/C11H22FN/c1-9-7-11(3,4)13(8-9)6-5-10(2)12/h9-10H,5-8H2,1-4H3. The number of hydrogen-bond donors (Lipinski definition) is 0. The number of likely N-dealkylation sites (tertiary alicyclic amines) is 1. The maximum absolute atomic E-state index is 12.7. The predicted molar refractivity (Wildman–Crippen MR) is 54.6 cm³/mol. The molecule has 0 aromatic rings. The summed E-state index contributed by atoms with van der Waals surface area (Å²) in [5.74, 6) is 0.768. The van der Waals surface area contributed by atoms with Crippen LogP contribution in [0.15, 0.2) is 0 Å². The second kappa shape index (κ2) is 3.95. The van der Waals surface area contributed by atoms with Crippen LogP contribution in [0.5, 0.6) is 0 Å². The maximum atomic E-state index is 12.7. The Labute approximate surface area is 81.3 Å². The van der Waals surface area contributed by atoms with Gasteiger partial charge in [-0.3, -0.25) is 4.90 Å². The molecular weight excluding hydrogens is 165 g/mol. The summed E-state index contributed by atoms with van der Waals surface area (Å²) in [6.07, 6.45) is 1.26. The highest BCUT2D eigenvalue weighted by Gasteiger charge is 2.35. The zero-order chi connectivity index (χ0) is 10.1. The summed E-state index contributed by atoms with van der Waals surface area (Å²) in [6.45, 7) is 10.5. The predicted octanol–water partition coefficient (Wildman–Crippen LogP) is 2.85. The Morgan fingerprint density at radius 1 is 1.54 bits per heavy atom. The Bertz CT molecular complexity index is 165. The minimum Gasteiger partial charge on any atom is -0.298 e. The van der Waals surface area contributed by atoms with E-state index in [2.05, 4.69) is 25.7 Å². The average Bonchev–Trinajstić information content (AvgIpc) is 2.19. The van der Waals surface area contributed by atoms with Gasteiger partial charge in [-0.2, -0.15) is 0 Å². The van der Waals surface area contributed by atoms with Crippen LogP contribution in [0, 0.1) is 5.92 Å². The fourth-order valence-electron chi connectivity index (χ4n) is 2.40. The molecule has 0 aromatic heterocycles. The van der Waals surface area contributed by atoms with Crippen molar-refractivity contribution in [1.82, 2.24) is 4.90 Å². The highest BCUT2D eigenvalue weighted by atomic mass is 19.1. The third-order valence-electron chi connectivity index (χ3n) is 3.03. The van der Waals surface area contributed by atoms with Gasteiger partial charge >= 0.3 is 0 Å².